The van der Waals surface area contributed by atoms with Crippen LogP contribution in [0.15, 0.2) is 53.4 Å². The quantitative estimate of drug-likeness (QED) is 0.732. The fourth-order valence-corrected chi connectivity index (χ4v) is 3.01. The summed E-state index contributed by atoms with van der Waals surface area (Å²) >= 11 is 0. The van der Waals surface area contributed by atoms with Gasteiger partial charge >= 0.3 is 5.97 Å². The van der Waals surface area contributed by atoms with E-state index in [4.69, 9.17) is 10.8 Å². The van der Waals surface area contributed by atoms with E-state index in [1.54, 1.807) is 12.1 Å². The Labute approximate surface area is 132 Å². The van der Waals surface area contributed by atoms with Gasteiger partial charge in [-0.2, -0.15) is 0 Å². The molecule has 0 heterocycles. The Morgan fingerprint density at radius 2 is 1.74 bits per heavy atom. The van der Waals surface area contributed by atoms with Crippen LogP contribution in [-0.2, 0) is 21.2 Å². The lowest BCUT2D eigenvalue weighted by Gasteiger charge is -2.09. The summed E-state index contributed by atoms with van der Waals surface area (Å²) in [5.74, 6) is -1.69. The molecule has 2 aromatic carbocycles. The van der Waals surface area contributed by atoms with Gasteiger partial charge in [-0.3, -0.25) is 9.52 Å². The highest BCUT2D eigenvalue weighted by atomic mass is 32.2. The van der Waals surface area contributed by atoms with Crippen molar-refractivity contribution in [1.82, 2.24) is 0 Å². The lowest BCUT2D eigenvalue weighted by molar-refractivity contribution is -0.117. The second-order valence-corrected chi connectivity index (χ2v) is 6.46. The summed E-state index contributed by atoms with van der Waals surface area (Å²) in [4.78, 5) is 21.6. The number of hydrogen-bond acceptors (Lipinski definition) is 4. The molecule has 23 heavy (non-hydrogen) atoms. The maximum atomic E-state index is 12.3. The molecule has 8 heteroatoms. The molecule has 4 N–H and O–H groups in total. The number of sulfonamides is 1. The van der Waals surface area contributed by atoms with Gasteiger partial charge < -0.3 is 10.8 Å². The Hall–Kier alpha value is -2.87. The van der Waals surface area contributed by atoms with Gasteiger partial charge in [-0.05, 0) is 35.9 Å². The number of aromatic carboxylic acids is 1. The highest BCUT2D eigenvalue weighted by molar-refractivity contribution is 7.92. The number of anilines is 1. The second kappa shape index (κ2) is 6.49. The molecule has 0 aliphatic heterocycles. The number of carboxylic acid groups (broad SMARTS) is 1. The Morgan fingerprint density at radius 3 is 2.30 bits per heavy atom. The zero-order valence-electron chi connectivity index (χ0n) is 11.9. The summed E-state index contributed by atoms with van der Waals surface area (Å²) in [5, 5.41) is 8.91. The first-order valence-electron chi connectivity index (χ1n) is 6.51. The summed E-state index contributed by atoms with van der Waals surface area (Å²) in [5.41, 5.74) is 5.91. The summed E-state index contributed by atoms with van der Waals surface area (Å²) in [6.45, 7) is 0. The minimum Gasteiger partial charge on any atom is -0.478 e. The minimum absolute atomic E-state index is 0.0632. The average molecular weight is 334 g/mol. The van der Waals surface area contributed by atoms with Crippen LogP contribution in [0.1, 0.15) is 15.9 Å². The van der Waals surface area contributed by atoms with E-state index in [1.165, 1.54) is 30.3 Å². The van der Waals surface area contributed by atoms with Crippen LogP contribution in [0.3, 0.4) is 0 Å². The number of nitrogens with two attached hydrogens (primary N) is 1. The molecule has 0 saturated heterocycles. The van der Waals surface area contributed by atoms with Crippen LogP contribution in [0.5, 0.6) is 0 Å². The van der Waals surface area contributed by atoms with Gasteiger partial charge in [0.2, 0.25) is 5.91 Å². The molecule has 2 rings (SSSR count). The number of carbonyl (C=O) groups is 2. The highest BCUT2D eigenvalue weighted by Crippen LogP contribution is 2.18. The number of carboxylic acids is 1. The highest BCUT2D eigenvalue weighted by Gasteiger charge is 2.16. The fourth-order valence-electron chi connectivity index (χ4n) is 1.90. The molecule has 0 spiro atoms. The van der Waals surface area contributed by atoms with Crippen molar-refractivity contribution in [2.24, 2.45) is 5.73 Å². The third-order valence-electron chi connectivity index (χ3n) is 2.98. The van der Waals surface area contributed by atoms with Crippen molar-refractivity contribution in [3.05, 3.63) is 59.7 Å². The molecule has 7 nitrogen and oxygen atoms in total. The number of primary amides is 1. The van der Waals surface area contributed by atoms with Crippen molar-refractivity contribution in [3.8, 4) is 0 Å². The summed E-state index contributed by atoms with van der Waals surface area (Å²) in [7, 11) is -3.91. The molecule has 1 amide bonds. The van der Waals surface area contributed by atoms with Gasteiger partial charge in [0.1, 0.15) is 0 Å². The summed E-state index contributed by atoms with van der Waals surface area (Å²) in [6, 6.07) is 11.2. The van der Waals surface area contributed by atoms with E-state index in [9.17, 15) is 18.0 Å². The maximum absolute atomic E-state index is 12.3. The minimum atomic E-state index is -3.91. The number of benzene rings is 2. The van der Waals surface area contributed by atoms with Crippen LogP contribution >= 0.6 is 0 Å². The van der Waals surface area contributed by atoms with E-state index >= 15 is 0 Å². The van der Waals surface area contributed by atoms with Crippen LogP contribution < -0.4 is 10.5 Å². The first kappa shape index (κ1) is 16.5. The van der Waals surface area contributed by atoms with Crippen LogP contribution in [-0.4, -0.2) is 25.4 Å². The largest absolute Gasteiger partial charge is 0.478 e. The summed E-state index contributed by atoms with van der Waals surface area (Å²) < 4.78 is 26.9. The predicted octanol–water partition coefficient (Wildman–Crippen LogP) is 1.21. The molecule has 0 aliphatic carbocycles. The third-order valence-corrected chi connectivity index (χ3v) is 4.35. The first-order valence-corrected chi connectivity index (χ1v) is 8.00. The first-order chi connectivity index (χ1) is 10.8. The Kier molecular flexibility index (Phi) is 4.65. The van der Waals surface area contributed by atoms with Gasteiger partial charge in [-0.25, -0.2) is 13.2 Å². The Bertz CT molecular complexity index is 844. The molecule has 0 atom stereocenters. The molecule has 0 fully saturated rings. The van der Waals surface area contributed by atoms with Gasteiger partial charge in [-0.15, -0.1) is 0 Å². The van der Waals surface area contributed by atoms with Crippen molar-refractivity contribution in [2.75, 3.05) is 4.72 Å². The van der Waals surface area contributed by atoms with Crippen molar-refractivity contribution >= 4 is 27.6 Å². The van der Waals surface area contributed by atoms with Gasteiger partial charge in [0.15, 0.2) is 0 Å². The van der Waals surface area contributed by atoms with Crippen molar-refractivity contribution < 1.29 is 23.1 Å². The zero-order chi connectivity index (χ0) is 17.0. The molecule has 0 radical (unpaired) electrons. The second-order valence-electron chi connectivity index (χ2n) is 4.78. The van der Waals surface area contributed by atoms with E-state index in [1.807, 2.05) is 0 Å². The smallest absolute Gasteiger partial charge is 0.335 e. The van der Waals surface area contributed by atoms with Crippen LogP contribution in [0.2, 0.25) is 0 Å². The molecule has 0 saturated carbocycles. The fraction of sp³-hybridized carbons (Fsp3) is 0.0667. The maximum Gasteiger partial charge on any atom is 0.335 e. The molecule has 0 unspecified atom stereocenters. The molecule has 2 aromatic rings. The number of carbonyl (C=O) groups excluding carboxylic acids is 1. The normalized spacial score (nSPS) is 11.0. The lowest BCUT2D eigenvalue weighted by atomic mass is 10.1. The number of hydrogen-bond donors (Lipinski definition) is 3. The molecule has 0 aromatic heterocycles. The molecular weight excluding hydrogens is 320 g/mol. The third kappa shape index (κ3) is 4.30. The van der Waals surface area contributed by atoms with Crippen LogP contribution in [0.4, 0.5) is 5.69 Å². The average Bonchev–Trinajstić information content (AvgIpc) is 2.48. The van der Waals surface area contributed by atoms with Crippen molar-refractivity contribution in [1.29, 1.82) is 0 Å². The van der Waals surface area contributed by atoms with Gasteiger partial charge in [0.05, 0.1) is 16.9 Å². The number of nitrogens with one attached hydrogen (secondary N) is 1. The Balaban J connectivity index is 2.22. The molecule has 120 valence electrons. The number of rotatable bonds is 6. The SMILES string of the molecule is NC(=O)Cc1ccc(NS(=O)(=O)c2cccc(C(=O)O)c2)cc1. The predicted molar refractivity (Wildman–Crippen MR) is 83.6 cm³/mol. The van der Waals surface area contributed by atoms with Gasteiger partial charge in [0, 0.05) is 5.69 Å². The van der Waals surface area contributed by atoms with E-state index in [0.29, 0.717) is 11.3 Å². The van der Waals surface area contributed by atoms with Crippen LogP contribution in [0, 0.1) is 0 Å². The lowest BCUT2D eigenvalue weighted by Crippen LogP contribution is -2.15. The monoisotopic (exact) mass is 334 g/mol. The van der Waals surface area contributed by atoms with Gasteiger partial charge in [-0.1, -0.05) is 18.2 Å². The standard InChI is InChI=1S/C15H14N2O5S/c16-14(18)8-10-4-6-12(7-5-10)17-23(21,22)13-3-1-2-11(9-13)15(19)20/h1-7,9,17H,8H2,(H2,16,18)(H,19,20). The van der Waals surface area contributed by atoms with Gasteiger partial charge in [0.25, 0.3) is 10.0 Å². The van der Waals surface area contributed by atoms with Crippen LogP contribution in [0.25, 0.3) is 0 Å². The Morgan fingerprint density at radius 1 is 1.09 bits per heavy atom. The van der Waals surface area contributed by atoms with E-state index in [-0.39, 0.29) is 16.9 Å². The summed E-state index contributed by atoms with van der Waals surface area (Å²) in [6.07, 6.45) is 0.0632. The van der Waals surface area contributed by atoms with Crippen molar-refractivity contribution in [2.45, 2.75) is 11.3 Å². The zero-order valence-corrected chi connectivity index (χ0v) is 12.7. The topological polar surface area (TPSA) is 127 Å². The number of amides is 1. The van der Waals surface area contributed by atoms with E-state index in [0.717, 1.165) is 6.07 Å². The molecule has 0 aliphatic rings. The van der Waals surface area contributed by atoms with Crippen molar-refractivity contribution in [3.63, 3.8) is 0 Å². The van der Waals surface area contributed by atoms with E-state index in [2.05, 4.69) is 4.72 Å². The molecule has 0 bridgehead atoms. The van der Waals surface area contributed by atoms with E-state index < -0.39 is 21.9 Å². The molecular formula is C15H14N2O5S.